The Kier molecular flexibility index (Phi) is 18.7. The summed E-state index contributed by atoms with van der Waals surface area (Å²) >= 11 is 0. The summed E-state index contributed by atoms with van der Waals surface area (Å²) in [7, 11) is 0. The number of carbonyl (C=O) groups is 1. The lowest BCUT2D eigenvalue weighted by Gasteiger charge is -2.04. The van der Waals surface area contributed by atoms with Gasteiger partial charge in [0.2, 0.25) is 0 Å². The monoisotopic (exact) mass is 274 g/mol. The number of hydrogen-bond donors (Lipinski definition) is 2. The quantitative estimate of drug-likeness (QED) is 0.540. The lowest BCUT2D eigenvalue weighted by Crippen LogP contribution is -2.10. The Bertz CT molecular complexity index is 205. The molecule has 0 bridgehead atoms. The summed E-state index contributed by atoms with van der Waals surface area (Å²) in [6, 6.07) is 0. The van der Waals surface area contributed by atoms with E-state index < -0.39 is 11.6 Å². The molecule has 0 aromatic carbocycles. The van der Waals surface area contributed by atoms with Crippen LogP contribution >= 0.6 is 0 Å². The number of rotatable bonds is 6. The van der Waals surface area contributed by atoms with Gasteiger partial charge in [0, 0.05) is 6.42 Å². The molecule has 0 amide bonds. The fourth-order valence-electron chi connectivity index (χ4n) is 0.880. The summed E-state index contributed by atoms with van der Waals surface area (Å²) < 4.78 is 0. The third-order valence-electron chi connectivity index (χ3n) is 1.49. The third-order valence-corrected chi connectivity index (χ3v) is 1.49. The third kappa shape index (κ3) is 104. The van der Waals surface area contributed by atoms with Crippen LogP contribution in [-0.4, -0.2) is 21.8 Å². The van der Waals surface area contributed by atoms with Crippen LogP contribution in [0.15, 0.2) is 12.2 Å². The van der Waals surface area contributed by atoms with Crippen molar-refractivity contribution in [2.45, 2.75) is 85.7 Å². The Balaban J connectivity index is -0.000000238. The maximum Gasteiger partial charge on any atom is 0.303 e. The largest absolute Gasteiger partial charge is 0.481 e. The van der Waals surface area contributed by atoms with Gasteiger partial charge in [-0.3, -0.25) is 4.79 Å². The molecule has 0 unspecified atom stereocenters. The first-order valence-corrected chi connectivity index (χ1v) is 7.07. The Morgan fingerprint density at radius 2 is 1.37 bits per heavy atom. The standard InChI is InChI=1S/C8H16O2.C4H10O.C4H8/c1-2-3-4-5-6-7-8(9)10;1-4(2,3)5;1-4(2)3/h2-7H2,1H3,(H,9,10);5H,1-3H3;1H2,2-3H3. The van der Waals surface area contributed by atoms with Crippen molar-refractivity contribution in [3.63, 3.8) is 0 Å². The van der Waals surface area contributed by atoms with Crippen LogP contribution in [0, 0.1) is 0 Å². The van der Waals surface area contributed by atoms with Gasteiger partial charge in [0.1, 0.15) is 0 Å². The van der Waals surface area contributed by atoms with Crippen LogP contribution in [0.2, 0.25) is 0 Å². The highest BCUT2D eigenvalue weighted by Crippen LogP contribution is 2.04. The molecule has 0 aromatic rings. The normalized spacial score (nSPS) is 9.63. The molecule has 19 heavy (non-hydrogen) atoms. The van der Waals surface area contributed by atoms with Crippen LogP contribution in [0.3, 0.4) is 0 Å². The highest BCUT2D eigenvalue weighted by Gasteiger charge is 1.98. The molecule has 0 spiro atoms. The van der Waals surface area contributed by atoms with Crippen molar-refractivity contribution < 1.29 is 15.0 Å². The zero-order valence-corrected chi connectivity index (χ0v) is 13.8. The number of hydrogen-bond acceptors (Lipinski definition) is 2. The molecule has 0 aromatic heterocycles. The first kappa shape index (κ1) is 23.3. The number of aliphatic carboxylic acids is 1. The van der Waals surface area contributed by atoms with Gasteiger partial charge >= 0.3 is 5.97 Å². The van der Waals surface area contributed by atoms with E-state index >= 15 is 0 Å². The van der Waals surface area contributed by atoms with E-state index in [2.05, 4.69) is 13.5 Å². The highest BCUT2D eigenvalue weighted by molar-refractivity contribution is 5.66. The minimum Gasteiger partial charge on any atom is -0.481 e. The summed E-state index contributed by atoms with van der Waals surface area (Å²) in [6.45, 7) is 14.9. The number of carboxylic acids is 1. The minimum absolute atomic E-state index is 0.337. The summed E-state index contributed by atoms with van der Waals surface area (Å²) in [5.74, 6) is -0.670. The van der Waals surface area contributed by atoms with Crippen molar-refractivity contribution in [2.24, 2.45) is 0 Å². The van der Waals surface area contributed by atoms with Crippen molar-refractivity contribution in [3.8, 4) is 0 Å². The van der Waals surface area contributed by atoms with E-state index in [0.717, 1.165) is 12.8 Å². The van der Waals surface area contributed by atoms with Gasteiger partial charge in [-0.05, 0) is 41.0 Å². The van der Waals surface area contributed by atoms with Gasteiger partial charge in [-0.15, -0.1) is 6.58 Å². The van der Waals surface area contributed by atoms with E-state index in [1.165, 1.54) is 24.8 Å². The van der Waals surface area contributed by atoms with Crippen LogP contribution in [0.1, 0.15) is 80.1 Å². The second-order valence-corrected chi connectivity index (χ2v) is 5.94. The van der Waals surface area contributed by atoms with Crippen LogP contribution in [0.5, 0.6) is 0 Å². The van der Waals surface area contributed by atoms with Gasteiger partial charge < -0.3 is 10.2 Å². The fourth-order valence-corrected chi connectivity index (χ4v) is 0.880. The van der Waals surface area contributed by atoms with Crippen molar-refractivity contribution >= 4 is 5.97 Å². The molecule has 3 heteroatoms. The molecule has 0 aliphatic carbocycles. The first-order chi connectivity index (χ1) is 8.50. The molecule has 2 N–H and O–H groups in total. The molecule has 0 fully saturated rings. The van der Waals surface area contributed by atoms with E-state index in [0.29, 0.717) is 6.42 Å². The molecular formula is C16H34O3. The Morgan fingerprint density at radius 3 is 1.63 bits per heavy atom. The molecule has 0 aliphatic rings. The lowest BCUT2D eigenvalue weighted by atomic mass is 10.1. The molecule has 0 saturated carbocycles. The van der Waals surface area contributed by atoms with Crippen molar-refractivity contribution in [2.75, 3.05) is 0 Å². The van der Waals surface area contributed by atoms with Gasteiger partial charge in [0.15, 0.2) is 0 Å². The molecule has 0 radical (unpaired) electrons. The first-order valence-electron chi connectivity index (χ1n) is 7.07. The second-order valence-electron chi connectivity index (χ2n) is 5.94. The van der Waals surface area contributed by atoms with Crippen molar-refractivity contribution in [3.05, 3.63) is 12.2 Å². The number of allylic oxidation sites excluding steroid dienone is 1. The summed E-state index contributed by atoms with van der Waals surface area (Å²) in [4.78, 5) is 10.0. The fraction of sp³-hybridized carbons (Fsp3) is 0.812. The Morgan fingerprint density at radius 1 is 1.05 bits per heavy atom. The zero-order chi connectivity index (χ0) is 15.9. The summed E-state index contributed by atoms with van der Waals surface area (Å²) in [6.07, 6.45) is 5.88. The van der Waals surface area contributed by atoms with Crippen LogP contribution in [0.4, 0.5) is 0 Å². The van der Waals surface area contributed by atoms with Crippen molar-refractivity contribution in [1.29, 1.82) is 0 Å². The van der Waals surface area contributed by atoms with Gasteiger partial charge in [-0.25, -0.2) is 0 Å². The lowest BCUT2D eigenvalue weighted by molar-refractivity contribution is -0.137. The Hall–Kier alpha value is -0.830. The molecule has 0 atom stereocenters. The average molecular weight is 274 g/mol. The van der Waals surface area contributed by atoms with E-state index in [-0.39, 0.29) is 0 Å². The molecule has 0 saturated heterocycles. The highest BCUT2D eigenvalue weighted by atomic mass is 16.4. The predicted molar refractivity (Wildman–Crippen MR) is 83.5 cm³/mol. The smallest absolute Gasteiger partial charge is 0.303 e. The molecule has 116 valence electrons. The van der Waals surface area contributed by atoms with Gasteiger partial charge in [-0.2, -0.15) is 0 Å². The van der Waals surface area contributed by atoms with Crippen LogP contribution in [-0.2, 0) is 4.79 Å². The average Bonchev–Trinajstić information content (AvgIpc) is 2.13. The van der Waals surface area contributed by atoms with Crippen LogP contribution < -0.4 is 0 Å². The SMILES string of the molecule is C=C(C)C.CC(C)(C)O.CCCCCCCC(=O)O. The number of aliphatic hydroxyl groups is 1. The van der Waals surface area contributed by atoms with E-state index in [1.54, 1.807) is 20.8 Å². The summed E-state index contributed by atoms with van der Waals surface area (Å²) in [5.41, 5.74) is 0.667. The molecule has 0 heterocycles. The van der Waals surface area contributed by atoms with Gasteiger partial charge in [0.25, 0.3) is 0 Å². The number of carboxylic acid groups (broad SMARTS) is 1. The molecular weight excluding hydrogens is 240 g/mol. The maximum absolute atomic E-state index is 10.0. The van der Waals surface area contributed by atoms with E-state index in [4.69, 9.17) is 10.2 Å². The second kappa shape index (κ2) is 15.2. The molecule has 3 nitrogen and oxygen atoms in total. The molecule has 0 rings (SSSR count). The predicted octanol–water partition coefficient (Wildman–Crippen LogP) is 4.79. The van der Waals surface area contributed by atoms with Crippen LogP contribution in [0.25, 0.3) is 0 Å². The maximum atomic E-state index is 10.0. The summed E-state index contributed by atoms with van der Waals surface area (Å²) in [5, 5.41) is 16.8. The topological polar surface area (TPSA) is 57.5 Å². The number of unbranched alkanes of at least 4 members (excludes halogenated alkanes) is 4. The van der Waals surface area contributed by atoms with Gasteiger partial charge in [-0.1, -0.05) is 38.2 Å². The van der Waals surface area contributed by atoms with Gasteiger partial charge in [0.05, 0.1) is 5.60 Å². The zero-order valence-electron chi connectivity index (χ0n) is 13.8. The Labute approximate surface area is 119 Å². The minimum atomic E-state index is -0.670. The van der Waals surface area contributed by atoms with E-state index in [1.807, 2.05) is 13.8 Å². The molecule has 0 aliphatic heterocycles. The van der Waals surface area contributed by atoms with Crippen molar-refractivity contribution in [1.82, 2.24) is 0 Å². The van der Waals surface area contributed by atoms with E-state index in [9.17, 15) is 4.79 Å².